The quantitative estimate of drug-likeness (QED) is 0.803. The van der Waals surface area contributed by atoms with Crippen molar-refractivity contribution in [2.75, 3.05) is 39.6 Å². The highest BCUT2D eigenvalue weighted by Crippen LogP contribution is 2.15. The van der Waals surface area contributed by atoms with E-state index in [9.17, 15) is 0 Å². The summed E-state index contributed by atoms with van der Waals surface area (Å²) in [7, 11) is 0. The van der Waals surface area contributed by atoms with Gasteiger partial charge in [0.15, 0.2) is 0 Å². The number of ether oxygens (including phenoxy) is 2. The Labute approximate surface area is 113 Å². The molecule has 0 aromatic heterocycles. The third-order valence-electron chi connectivity index (χ3n) is 1.92. The first-order valence-corrected chi connectivity index (χ1v) is 7.12. The van der Waals surface area contributed by atoms with Crippen LogP contribution in [0.3, 0.4) is 0 Å². The van der Waals surface area contributed by atoms with Gasteiger partial charge >= 0.3 is 0 Å². The molecule has 18 heavy (non-hydrogen) atoms. The minimum atomic E-state index is -0.125. The predicted octanol–water partition coefficient (Wildman–Crippen LogP) is 2.62. The zero-order valence-corrected chi connectivity index (χ0v) is 12.8. The summed E-state index contributed by atoms with van der Waals surface area (Å²) in [4.78, 5) is 0. The second kappa shape index (κ2) is 30.1. The molecule has 0 atom stereocenters. The number of rotatable bonds is 5. The standard InChI is InChI=1S/2C4H10O.C4H8.C2H6O2/c2*1-3-5-4-2;1-2-4-3-1;3-1-2-4/h2*3-4H2,1-2H3;1-4H2;3-4H,1-2H2. The summed E-state index contributed by atoms with van der Waals surface area (Å²) in [5, 5.41) is 15.2. The van der Waals surface area contributed by atoms with Gasteiger partial charge in [-0.3, -0.25) is 0 Å². The Morgan fingerprint density at radius 3 is 0.833 bits per heavy atom. The third kappa shape index (κ3) is 44.6. The Bertz CT molecular complexity index is 79.8. The van der Waals surface area contributed by atoms with Gasteiger partial charge < -0.3 is 19.7 Å². The van der Waals surface area contributed by atoms with E-state index in [2.05, 4.69) is 0 Å². The smallest absolute Gasteiger partial charge is 0.0662 e. The molecule has 1 aliphatic rings. The van der Waals surface area contributed by atoms with Gasteiger partial charge in [-0.15, -0.1) is 0 Å². The molecular weight excluding hydrogens is 232 g/mol. The van der Waals surface area contributed by atoms with Crippen LogP contribution in [0.15, 0.2) is 0 Å². The van der Waals surface area contributed by atoms with Gasteiger partial charge in [0, 0.05) is 26.4 Å². The summed E-state index contributed by atoms with van der Waals surface area (Å²) in [6.07, 6.45) is 6.00. The average Bonchev–Trinajstić information content (AvgIpc) is 2.30. The van der Waals surface area contributed by atoms with Gasteiger partial charge in [0.1, 0.15) is 0 Å². The highest BCUT2D eigenvalue weighted by Gasteiger charge is 1.95. The van der Waals surface area contributed by atoms with E-state index in [1.807, 2.05) is 27.7 Å². The fraction of sp³-hybridized carbons (Fsp3) is 1.00. The Kier molecular flexibility index (Phi) is 38.5. The highest BCUT2D eigenvalue weighted by molar-refractivity contribution is 4.50. The molecule has 0 spiro atoms. The van der Waals surface area contributed by atoms with Gasteiger partial charge in [0.2, 0.25) is 0 Å². The molecule has 0 bridgehead atoms. The third-order valence-corrected chi connectivity index (χ3v) is 1.92. The molecule has 4 nitrogen and oxygen atoms in total. The molecule has 0 aromatic carbocycles. The van der Waals surface area contributed by atoms with Crippen LogP contribution in [0, 0.1) is 0 Å². The van der Waals surface area contributed by atoms with E-state index in [-0.39, 0.29) is 13.2 Å². The summed E-state index contributed by atoms with van der Waals surface area (Å²) in [5.74, 6) is 0. The molecule has 0 heterocycles. The Morgan fingerprint density at radius 1 is 0.611 bits per heavy atom. The number of aliphatic hydroxyl groups excluding tert-OH is 2. The highest BCUT2D eigenvalue weighted by atomic mass is 16.5. The Morgan fingerprint density at radius 2 is 0.833 bits per heavy atom. The SMILES string of the molecule is C1CCC1.CCOCC.CCOCC.OCCO. The monoisotopic (exact) mass is 266 g/mol. The molecule has 0 radical (unpaired) electrons. The van der Waals surface area contributed by atoms with Crippen molar-refractivity contribution in [3.8, 4) is 0 Å². The lowest BCUT2D eigenvalue weighted by Gasteiger charge is -2.05. The summed E-state index contributed by atoms with van der Waals surface area (Å²) < 4.78 is 9.67. The molecule has 0 aromatic rings. The maximum Gasteiger partial charge on any atom is 0.0662 e. The minimum absolute atomic E-state index is 0.125. The molecule has 1 rings (SSSR count). The van der Waals surface area contributed by atoms with Crippen LogP contribution in [0.4, 0.5) is 0 Å². The van der Waals surface area contributed by atoms with E-state index in [0.29, 0.717) is 0 Å². The second-order valence-corrected chi connectivity index (χ2v) is 3.42. The van der Waals surface area contributed by atoms with Crippen LogP contribution < -0.4 is 0 Å². The molecule has 0 saturated heterocycles. The molecular formula is C14H34O4. The van der Waals surface area contributed by atoms with Crippen molar-refractivity contribution in [3.05, 3.63) is 0 Å². The lowest BCUT2D eigenvalue weighted by molar-refractivity contribution is 0.162. The molecule has 0 aliphatic heterocycles. The van der Waals surface area contributed by atoms with Gasteiger partial charge in [0.25, 0.3) is 0 Å². The first-order valence-electron chi connectivity index (χ1n) is 7.12. The van der Waals surface area contributed by atoms with Crippen molar-refractivity contribution in [1.82, 2.24) is 0 Å². The molecule has 1 fully saturated rings. The van der Waals surface area contributed by atoms with Crippen LogP contribution in [0.2, 0.25) is 0 Å². The maximum absolute atomic E-state index is 7.62. The Hall–Kier alpha value is -0.160. The molecule has 2 N–H and O–H groups in total. The van der Waals surface area contributed by atoms with Crippen LogP contribution in [0.1, 0.15) is 53.4 Å². The second-order valence-electron chi connectivity index (χ2n) is 3.42. The van der Waals surface area contributed by atoms with Crippen LogP contribution in [0.5, 0.6) is 0 Å². The molecule has 114 valence electrons. The summed E-state index contributed by atoms with van der Waals surface area (Å²) in [6.45, 7) is 11.1. The fourth-order valence-electron chi connectivity index (χ4n) is 0.658. The van der Waals surface area contributed by atoms with Crippen molar-refractivity contribution in [2.24, 2.45) is 0 Å². The number of hydrogen-bond acceptors (Lipinski definition) is 4. The van der Waals surface area contributed by atoms with Gasteiger partial charge in [-0.1, -0.05) is 25.7 Å². The molecule has 4 heteroatoms. The number of hydrogen-bond donors (Lipinski definition) is 2. The number of aliphatic hydroxyl groups is 2. The zero-order valence-electron chi connectivity index (χ0n) is 12.8. The Balaban J connectivity index is -0.000000167. The van der Waals surface area contributed by atoms with Crippen molar-refractivity contribution in [2.45, 2.75) is 53.4 Å². The summed E-state index contributed by atoms with van der Waals surface area (Å²) in [5.41, 5.74) is 0. The van der Waals surface area contributed by atoms with Crippen molar-refractivity contribution in [1.29, 1.82) is 0 Å². The van der Waals surface area contributed by atoms with E-state index in [4.69, 9.17) is 19.7 Å². The van der Waals surface area contributed by atoms with Crippen molar-refractivity contribution in [3.63, 3.8) is 0 Å². The maximum atomic E-state index is 7.62. The van der Waals surface area contributed by atoms with Crippen LogP contribution in [-0.4, -0.2) is 49.9 Å². The first kappa shape index (κ1) is 23.0. The topological polar surface area (TPSA) is 58.9 Å². The van der Waals surface area contributed by atoms with E-state index >= 15 is 0 Å². The van der Waals surface area contributed by atoms with Crippen LogP contribution in [0.25, 0.3) is 0 Å². The minimum Gasteiger partial charge on any atom is -0.394 e. The van der Waals surface area contributed by atoms with Gasteiger partial charge in [-0.2, -0.15) is 0 Å². The van der Waals surface area contributed by atoms with E-state index in [1.54, 1.807) is 0 Å². The van der Waals surface area contributed by atoms with Gasteiger partial charge in [-0.05, 0) is 27.7 Å². The van der Waals surface area contributed by atoms with E-state index in [0.717, 1.165) is 26.4 Å². The van der Waals surface area contributed by atoms with E-state index in [1.165, 1.54) is 25.7 Å². The lowest BCUT2D eigenvalue weighted by atomic mass is 10.0. The largest absolute Gasteiger partial charge is 0.394 e. The average molecular weight is 266 g/mol. The van der Waals surface area contributed by atoms with Crippen LogP contribution >= 0.6 is 0 Å². The van der Waals surface area contributed by atoms with Crippen LogP contribution in [-0.2, 0) is 9.47 Å². The lowest BCUT2D eigenvalue weighted by Crippen LogP contribution is -1.85. The summed E-state index contributed by atoms with van der Waals surface area (Å²) >= 11 is 0. The first-order chi connectivity index (χ1) is 8.74. The molecule has 0 unspecified atom stereocenters. The fourth-order valence-corrected chi connectivity index (χ4v) is 0.658. The van der Waals surface area contributed by atoms with Crippen molar-refractivity contribution >= 4 is 0 Å². The molecule has 0 amide bonds. The molecule has 1 saturated carbocycles. The molecule has 1 aliphatic carbocycles. The summed E-state index contributed by atoms with van der Waals surface area (Å²) in [6, 6.07) is 0. The zero-order chi connectivity index (χ0) is 14.5. The van der Waals surface area contributed by atoms with Gasteiger partial charge in [-0.25, -0.2) is 0 Å². The van der Waals surface area contributed by atoms with E-state index < -0.39 is 0 Å². The normalized spacial score (nSPS) is 11.7. The van der Waals surface area contributed by atoms with Gasteiger partial charge in [0.05, 0.1) is 13.2 Å². The van der Waals surface area contributed by atoms with Crippen molar-refractivity contribution < 1.29 is 19.7 Å². The predicted molar refractivity (Wildman–Crippen MR) is 77.0 cm³/mol.